The molecule has 20 heavy (non-hydrogen) atoms. The number of nitrogens with one attached hydrogen (secondary N) is 1. The summed E-state index contributed by atoms with van der Waals surface area (Å²) in [7, 11) is 3.57. The molecule has 0 saturated carbocycles. The summed E-state index contributed by atoms with van der Waals surface area (Å²) in [6.45, 7) is 0. The first-order valence-electron chi connectivity index (χ1n) is 6.25. The van der Waals surface area contributed by atoms with Gasteiger partial charge in [-0.3, -0.25) is 4.79 Å². The number of aromatic nitrogens is 1. The molecule has 0 bridgehead atoms. The standard InChI is InChI=1S/C15H16BrN3O/c1-17-14-7-6-13(10-18-14)19(2)15(20)9-11-4-3-5-12(16)8-11/h3-8,10H,9H2,1-2H3,(H,17,18). The predicted octanol–water partition coefficient (Wildman–Crippen LogP) is 3.09. The van der Waals surface area contributed by atoms with Crippen LogP contribution in [0, 0.1) is 0 Å². The quantitative estimate of drug-likeness (QED) is 0.935. The van der Waals surface area contributed by atoms with Gasteiger partial charge in [-0.2, -0.15) is 0 Å². The Kier molecular flexibility index (Phi) is 4.74. The van der Waals surface area contributed by atoms with Gasteiger partial charge < -0.3 is 10.2 Å². The van der Waals surface area contributed by atoms with Crippen molar-refractivity contribution in [1.29, 1.82) is 0 Å². The van der Waals surface area contributed by atoms with Gasteiger partial charge in [0.15, 0.2) is 0 Å². The first-order chi connectivity index (χ1) is 9.60. The summed E-state index contributed by atoms with van der Waals surface area (Å²) >= 11 is 3.41. The second-order valence-electron chi connectivity index (χ2n) is 4.41. The van der Waals surface area contributed by atoms with Gasteiger partial charge in [-0.25, -0.2) is 4.98 Å². The van der Waals surface area contributed by atoms with Crippen LogP contribution in [0.1, 0.15) is 5.56 Å². The molecule has 0 aliphatic carbocycles. The van der Waals surface area contributed by atoms with Crippen LogP contribution in [0.25, 0.3) is 0 Å². The van der Waals surface area contributed by atoms with Gasteiger partial charge in [0.25, 0.3) is 0 Å². The second kappa shape index (κ2) is 6.52. The van der Waals surface area contributed by atoms with E-state index in [1.165, 1.54) is 0 Å². The maximum atomic E-state index is 12.2. The van der Waals surface area contributed by atoms with E-state index in [2.05, 4.69) is 26.2 Å². The maximum absolute atomic E-state index is 12.2. The molecule has 1 aromatic carbocycles. The third kappa shape index (κ3) is 3.57. The highest BCUT2D eigenvalue weighted by molar-refractivity contribution is 9.10. The van der Waals surface area contributed by atoms with Gasteiger partial charge in [0, 0.05) is 18.6 Å². The molecule has 0 atom stereocenters. The first kappa shape index (κ1) is 14.5. The lowest BCUT2D eigenvalue weighted by molar-refractivity contribution is -0.117. The van der Waals surface area contributed by atoms with Crippen molar-refractivity contribution >= 4 is 33.3 Å². The molecule has 2 aromatic rings. The summed E-state index contributed by atoms with van der Waals surface area (Å²) in [4.78, 5) is 18.1. The topological polar surface area (TPSA) is 45.2 Å². The summed E-state index contributed by atoms with van der Waals surface area (Å²) < 4.78 is 0.977. The molecule has 2 rings (SSSR count). The Morgan fingerprint density at radius 3 is 2.75 bits per heavy atom. The van der Waals surface area contributed by atoms with E-state index >= 15 is 0 Å². The van der Waals surface area contributed by atoms with E-state index in [-0.39, 0.29) is 5.91 Å². The zero-order valence-electron chi connectivity index (χ0n) is 11.4. The zero-order valence-corrected chi connectivity index (χ0v) is 13.0. The third-order valence-corrected chi connectivity index (χ3v) is 3.50. The summed E-state index contributed by atoms with van der Waals surface area (Å²) in [5, 5.41) is 2.95. The van der Waals surface area contributed by atoms with Gasteiger partial charge >= 0.3 is 0 Å². The Labute approximate surface area is 127 Å². The molecule has 4 nitrogen and oxygen atoms in total. The Morgan fingerprint density at radius 2 is 2.15 bits per heavy atom. The van der Waals surface area contributed by atoms with E-state index in [1.807, 2.05) is 43.4 Å². The van der Waals surface area contributed by atoms with E-state index in [4.69, 9.17) is 0 Å². The highest BCUT2D eigenvalue weighted by Crippen LogP contribution is 2.16. The molecular weight excluding hydrogens is 318 g/mol. The highest BCUT2D eigenvalue weighted by Gasteiger charge is 2.12. The number of hydrogen-bond acceptors (Lipinski definition) is 3. The minimum Gasteiger partial charge on any atom is -0.373 e. The number of likely N-dealkylation sites (N-methyl/N-ethyl adjacent to an activating group) is 1. The normalized spacial score (nSPS) is 10.2. The number of hydrogen-bond donors (Lipinski definition) is 1. The highest BCUT2D eigenvalue weighted by atomic mass is 79.9. The monoisotopic (exact) mass is 333 g/mol. The molecule has 0 saturated heterocycles. The lowest BCUT2D eigenvalue weighted by Gasteiger charge is -2.17. The number of anilines is 2. The molecular formula is C15H16BrN3O. The van der Waals surface area contributed by atoms with Crippen LogP contribution in [0.4, 0.5) is 11.5 Å². The Bertz CT molecular complexity index is 598. The smallest absolute Gasteiger partial charge is 0.231 e. The predicted molar refractivity (Wildman–Crippen MR) is 85.0 cm³/mol. The van der Waals surface area contributed by atoms with Crippen molar-refractivity contribution < 1.29 is 4.79 Å². The molecule has 0 fully saturated rings. The van der Waals surface area contributed by atoms with E-state index in [9.17, 15) is 4.79 Å². The summed E-state index contributed by atoms with van der Waals surface area (Å²) in [6, 6.07) is 11.5. The SMILES string of the molecule is CNc1ccc(N(C)C(=O)Cc2cccc(Br)c2)cn1. The van der Waals surface area contributed by atoms with Crippen molar-refractivity contribution in [3.8, 4) is 0 Å². The number of carbonyl (C=O) groups excluding carboxylic acids is 1. The number of rotatable bonds is 4. The van der Waals surface area contributed by atoms with Crippen LogP contribution in [0.2, 0.25) is 0 Å². The largest absolute Gasteiger partial charge is 0.373 e. The van der Waals surface area contributed by atoms with Crippen LogP contribution in [0.5, 0.6) is 0 Å². The summed E-state index contributed by atoms with van der Waals surface area (Å²) in [5.74, 6) is 0.809. The molecule has 1 N–H and O–H groups in total. The minimum absolute atomic E-state index is 0.0297. The van der Waals surface area contributed by atoms with Crippen molar-refractivity contribution in [2.24, 2.45) is 0 Å². The molecule has 0 unspecified atom stereocenters. The number of amides is 1. The summed E-state index contributed by atoms with van der Waals surface area (Å²) in [5.41, 5.74) is 1.76. The van der Waals surface area contributed by atoms with Gasteiger partial charge in [-0.05, 0) is 29.8 Å². The zero-order chi connectivity index (χ0) is 14.5. The van der Waals surface area contributed by atoms with Gasteiger partial charge in [-0.15, -0.1) is 0 Å². The fourth-order valence-electron chi connectivity index (χ4n) is 1.82. The average Bonchev–Trinajstić information content (AvgIpc) is 2.46. The number of nitrogens with zero attached hydrogens (tertiary/aromatic N) is 2. The molecule has 104 valence electrons. The Morgan fingerprint density at radius 1 is 1.35 bits per heavy atom. The van der Waals surface area contributed by atoms with Gasteiger partial charge in [0.1, 0.15) is 5.82 Å². The number of pyridine rings is 1. The van der Waals surface area contributed by atoms with Gasteiger partial charge in [0.05, 0.1) is 18.3 Å². The molecule has 1 heterocycles. The third-order valence-electron chi connectivity index (χ3n) is 3.01. The number of benzene rings is 1. The van der Waals surface area contributed by atoms with Crippen molar-refractivity contribution in [2.75, 3.05) is 24.3 Å². The van der Waals surface area contributed by atoms with Gasteiger partial charge in [0.2, 0.25) is 5.91 Å². The average molecular weight is 334 g/mol. The van der Waals surface area contributed by atoms with Crippen LogP contribution < -0.4 is 10.2 Å². The number of halogens is 1. The lowest BCUT2D eigenvalue weighted by atomic mass is 10.1. The van der Waals surface area contributed by atoms with E-state index < -0.39 is 0 Å². The Hall–Kier alpha value is -1.88. The Balaban J connectivity index is 2.07. The van der Waals surface area contributed by atoms with Crippen molar-refractivity contribution in [3.63, 3.8) is 0 Å². The molecule has 1 aromatic heterocycles. The molecule has 0 spiro atoms. The van der Waals surface area contributed by atoms with Gasteiger partial charge in [-0.1, -0.05) is 28.1 Å². The second-order valence-corrected chi connectivity index (χ2v) is 5.33. The van der Waals surface area contributed by atoms with Crippen LogP contribution in [-0.4, -0.2) is 25.0 Å². The summed E-state index contributed by atoms with van der Waals surface area (Å²) in [6.07, 6.45) is 2.05. The molecule has 0 aliphatic rings. The molecule has 1 amide bonds. The van der Waals surface area contributed by atoms with Crippen molar-refractivity contribution in [3.05, 3.63) is 52.6 Å². The first-order valence-corrected chi connectivity index (χ1v) is 7.04. The van der Waals surface area contributed by atoms with Crippen LogP contribution in [0.3, 0.4) is 0 Å². The van der Waals surface area contributed by atoms with Crippen molar-refractivity contribution in [2.45, 2.75) is 6.42 Å². The maximum Gasteiger partial charge on any atom is 0.231 e. The molecule has 0 aliphatic heterocycles. The lowest BCUT2D eigenvalue weighted by Crippen LogP contribution is -2.27. The minimum atomic E-state index is 0.0297. The van der Waals surface area contributed by atoms with E-state index in [1.54, 1.807) is 18.1 Å². The van der Waals surface area contributed by atoms with E-state index in [0.29, 0.717) is 6.42 Å². The van der Waals surface area contributed by atoms with Crippen LogP contribution in [-0.2, 0) is 11.2 Å². The fourth-order valence-corrected chi connectivity index (χ4v) is 2.26. The van der Waals surface area contributed by atoms with E-state index in [0.717, 1.165) is 21.5 Å². The fraction of sp³-hybridized carbons (Fsp3) is 0.200. The number of carbonyl (C=O) groups is 1. The van der Waals surface area contributed by atoms with Crippen LogP contribution >= 0.6 is 15.9 Å². The van der Waals surface area contributed by atoms with Crippen LogP contribution in [0.15, 0.2) is 47.1 Å². The van der Waals surface area contributed by atoms with Crippen molar-refractivity contribution in [1.82, 2.24) is 4.98 Å². The molecule has 5 heteroatoms. The molecule has 0 radical (unpaired) electrons.